The van der Waals surface area contributed by atoms with Crippen LogP contribution in [0, 0.1) is 10.1 Å². The molecule has 0 radical (unpaired) electrons. The van der Waals surface area contributed by atoms with Crippen molar-refractivity contribution in [2.45, 2.75) is 0 Å². The van der Waals surface area contributed by atoms with Gasteiger partial charge >= 0.3 is 6.03 Å². The van der Waals surface area contributed by atoms with Gasteiger partial charge in [0.15, 0.2) is 0 Å². The number of benzene rings is 1. The molecule has 0 saturated heterocycles. The van der Waals surface area contributed by atoms with E-state index in [1.54, 1.807) is 12.1 Å². The summed E-state index contributed by atoms with van der Waals surface area (Å²) in [5.41, 5.74) is 5.15. The minimum absolute atomic E-state index is 0.0894. The van der Waals surface area contributed by atoms with Crippen LogP contribution in [0.2, 0.25) is 0 Å². The molecule has 1 rings (SSSR count). The predicted molar refractivity (Wildman–Crippen MR) is 65.7 cm³/mol. The normalized spacial score (nSPS) is 9.61. The number of carbonyl (C=O) groups is 1. The molecule has 0 unspecified atom stereocenters. The number of anilines is 1. The summed E-state index contributed by atoms with van der Waals surface area (Å²) < 4.78 is 4.91. The summed E-state index contributed by atoms with van der Waals surface area (Å²) in [5, 5.41) is 16.1. The molecule has 0 aliphatic carbocycles. The minimum Gasteiger partial charge on any atom is -0.496 e. The second-order valence-electron chi connectivity index (χ2n) is 3.36. The number of nitrogens with two attached hydrogens (primary N) is 1. The molecule has 0 aliphatic rings. The van der Waals surface area contributed by atoms with Gasteiger partial charge in [-0.3, -0.25) is 10.1 Å². The van der Waals surface area contributed by atoms with Gasteiger partial charge < -0.3 is 21.1 Å². The van der Waals surface area contributed by atoms with Crippen LogP contribution in [-0.4, -0.2) is 31.2 Å². The molecule has 0 aromatic heterocycles. The molecule has 0 fully saturated rings. The SMILES string of the molecule is COc1ccc(NCCNC(N)=O)c([N+](=O)[O-])c1. The first-order chi connectivity index (χ1) is 8.54. The monoisotopic (exact) mass is 254 g/mol. The summed E-state index contributed by atoms with van der Waals surface area (Å²) in [5.74, 6) is 0.405. The van der Waals surface area contributed by atoms with Gasteiger partial charge in [0.1, 0.15) is 11.4 Å². The summed E-state index contributed by atoms with van der Waals surface area (Å²) >= 11 is 0. The predicted octanol–water partition coefficient (Wildman–Crippen LogP) is 0.684. The zero-order valence-corrected chi connectivity index (χ0v) is 9.80. The highest BCUT2D eigenvalue weighted by atomic mass is 16.6. The fraction of sp³-hybridized carbons (Fsp3) is 0.300. The van der Waals surface area contributed by atoms with E-state index in [1.807, 2.05) is 0 Å². The second kappa shape index (κ2) is 6.28. The van der Waals surface area contributed by atoms with E-state index in [0.717, 1.165) is 0 Å². The van der Waals surface area contributed by atoms with E-state index in [1.165, 1.54) is 13.2 Å². The molecule has 4 N–H and O–H groups in total. The van der Waals surface area contributed by atoms with Crippen molar-refractivity contribution in [1.29, 1.82) is 0 Å². The highest BCUT2D eigenvalue weighted by Gasteiger charge is 2.14. The number of amides is 2. The van der Waals surface area contributed by atoms with Crippen molar-refractivity contribution in [2.24, 2.45) is 5.73 Å². The average molecular weight is 254 g/mol. The highest BCUT2D eigenvalue weighted by Crippen LogP contribution is 2.28. The lowest BCUT2D eigenvalue weighted by Crippen LogP contribution is -2.33. The zero-order chi connectivity index (χ0) is 13.5. The van der Waals surface area contributed by atoms with Gasteiger partial charge in [0.25, 0.3) is 5.69 Å². The van der Waals surface area contributed by atoms with Crippen LogP contribution in [0.5, 0.6) is 5.75 Å². The molecular weight excluding hydrogens is 240 g/mol. The van der Waals surface area contributed by atoms with Crippen LogP contribution in [0.15, 0.2) is 18.2 Å². The highest BCUT2D eigenvalue weighted by molar-refractivity contribution is 5.71. The Morgan fingerprint density at radius 1 is 1.50 bits per heavy atom. The van der Waals surface area contributed by atoms with Gasteiger partial charge in [0.05, 0.1) is 18.1 Å². The molecule has 2 amide bonds. The third kappa shape index (κ3) is 3.81. The molecule has 0 bridgehead atoms. The van der Waals surface area contributed by atoms with Crippen molar-refractivity contribution < 1.29 is 14.5 Å². The molecule has 98 valence electrons. The van der Waals surface area contributed by atoms with Crippen LogP contribution in [0.3, 0.4) is 0 Å². The summed E-state index contributed by atoms with van der Waals surface area (Å²) in [6, 6.07) is 3.84. The molecule has 1 aromatic rings. The van der Waals surface area contributed by atoms with E-state index < -0.39 is 11.0 Å². The van der Waals surface area contributed by atoms with E-state index in [0.29, 0.717) is 18.0 Å². The average Bonchev–Trinajstić information content (AvgIpc) is 2.34. The van der Waals surface area contributed by atoms with Gasteiger partial charge in [0, 0.05) is 13.1 Å². The lowest BCUT2D eigenvalue weighted by atomic mass is 10.2. The minimum atomic E-state index is -0.638. The maximum atomic E-state index is 10.9. The van der Waals surface area contributed by atoms with Crippen molar-refractivity contribution in [3.63, 3.8) is 0 Å². The molecule has 0 heterocycles. The van der Waals surface area contributed by atoms with Gasteiger partial charge in [-0.2, -0.15) is 0 Å². The van der Waals surface area contributed by atoms with Gasteiger partial charge in [0.2, 0.25) is 0 Å². The third-order valence-corrected chi connectivity index (χ3v) is 2.14. The van der Waals surface area contributed by atoms with Crippen LogP contribution >= 0.6 is 0 Å². The first-order valence-corrected chi connectivity index (χ1v) is 5.14. The number of hydrogen-bond donors (Lipinski definition) is 3. The Morgan fingerprint density at radius 3 is 2.78 bits per heavy atom. The molecule has 18 heavy (non-hydrogen) atoms. The van der Waals surface area contributed by atoms with E-state index in [-0.39, 0.29) is 12.2 Å². The Balaban J connectivity index is 2.69. The van der Waals surface area contributed by atoms with Crippen molar-refractivity contribution >= 4 is 17.4 Å². The fourth-order valence-corrected chi connectivity index (χ4v) is 1.32. The molecule has 0 aliphatic heterocycles. The van der Waals surface area contributed by atoms with Crippen LogP contribution in [0.4, 0.5) is 16.2 Å². The number of hydrogen-bond acceptors (Lipinski definition) is 5. The molecule has 8 nitrogen and oxygen atoms in total. The van der Waals surface area contributed by atoms with E-state index in [9.17, 15) is 14.9 Å². The van der Waals surface area contributed by atoms with Gasteiger partial charge in [-0.25, -0.2) is 4.79 Å². The maximum Gasteiger partial charge on any atom is 0.312 e. The first kappa shape index (κ1) is 13.6. The number of urea groups is 1. The summed E-state index contributed by atoms with van der Waals surface area (Å²) in [6.45, 7) is 0.606. The number of nitro benzene ring substituents is 1. The van der Waals surface area contributed by atoms with Crippen LogP contribution in [-0.2, 0) is 0 Å². The van der Waals surface area contributed by atoms with E-state index >= 15 is 0 Å². The Morgan fingerprint density at radius 2 is 2.22 bits per heavy atom. The number of ether oxygens (including phenoxy) is 1. The molecule has 1 aromatic carbocycles. The topological polar surface area (TPSA) is 120 Å². The summed E-state index contributed by atoms with van der Waals surface area (Å²) in [7, 11) is 1.43. The lowest BCUT2D eigenvalue weighted by Gasteiger charge is -2.08. The second-order valence-corrected chi connectivity index (χ2v) is 3.36. The maximum absolute atomic E-state index is 10.9. The van der Waals surface area contributed by atoms with Crippen molar-refractivity contribution in [1.82, 2.24) is 5.32 Å². The van der Waals surface area contributed by atoms with E-state index in [4.69, 9.17) is 10.5 Å². The molecule has 0 saturated carbocycles. The molecule has 8 heteroatoms. The quantitative estimate of drug-likeness (QED) is 0.392. The Bertz CT molecular complexity index is 450. The first-order valence-electron chi connectivity index (χ1n) is 5.14. The number of methoxy groups -OCH3 is 1. The third-order valence-electron chi connectivity index (χ3n) is 2.14. The van der Waals surface area contributed by atoms with Gasteiger partial charge in [-0.05, 0) is 12.1 Å². The Labute approximate surface area is 103 Å². The largest absolute Gasteiger partial charge is 0.496 e. The summed E-state index contributed by atoms with van der Waals surface area (Å²) in [6.07, 6.45) is 0. The molecular formula is C10H14N4O4. The zero-order valence-electron chi connectivity index (χ0n) is 9.80. The lowest BCUT2D eigenvalue weighted by molar-refractivity contribution is -0.384. The fourth-order valence-electron chi connectivity index (χ4n) is 1.32. The van der Waals surface area contributed by atoms with E-state index in [2.05, 4.69) is 10.6 Å². The van der Waals surface area contributed by atoms with Crippen molar-refractivity contribution in [3.8, 4) is 5.75 Å². The summed E-state index contributed by atoms with van der Waals surface area (Å²) in [4.78, 5) is 20.8. The molecule has 0 atom stereocenters. The number of rotatable bonds is 6. The van der Waals surface area contributed by atoms with Crippen LogP contribution in [0.25, 0.3) is 0 Å². The number of primary amides is 1. The number of carbonyl (C=O) groups excluding carboxylic acids is 1. The standard InChI is InChI=1S/C10H14N4O4/c1-18-7-2-3-8(9(6-7)14(16)17)12-4-5-13-10(11)15/h2-3,6,12H,4-5H2,1H3,(H3,11,13,15). The van der Waals surface area contributed by atoms with Crippen molar-refractivity contribution in [2.75, 3.05) is 25.5 Å². The van der Waals surface area contributed by atoms with Crippen LogP contribution in [0.1, 0.15) is 0 Å². The smallest absolute Gasteiger partial charge is 0.312 e. The Hall–Kier alpha value is -2.51. The number of nitrogens with zero attached hydrogens (tertiary/aromatic N) is 1. The number of nitro groups is 1. The molecule has 0 spiro atoms. The van der Waals surface area contributed by atoms with Gasteiger partial charge in [-0.15, -0.1) is 0 Å². The van der Waals surface area contributed by atoms with Crippen molar-refractivity contribution in [3.05, 3.63) is 28.3 Å². The number of nitrogens with one attached hydrogen (secondary N) is 2. The Kier molecular flexibility index (Phi) is 4.73. The van der Waals surface area contributed by atoms with Gasteiger partial charge in [-0.1, -0.05) is 0 Å². The van der Waals surface area contributed by atoms with Crippen LogP contribution < -0.4 is 21.1 Å².